The zero-order valence-corrected chi connectivity index (χ0v) is 17.6. The van der Waals surface area contributed by atoms with Crippen LogP contribution in [0.2, 0.25) is 0 Å². The molecule has 0 radical (unpaired) electrons. The number of aryl methyl sites for hydroxylation is 2. The summed E-state index contributed by atoms with van der Waals surface area (Å²) in [5, 5.41) is 3.12. The molecule has 3 heterocycles. The highest BCUT2D eigenvalue weighted by molar-refractivity contribution is 5.91. The Morgan fingerprint density at radius 3 is 2.72 bits per heavy atom. The largest absolute Gasteiger partial charge is 0.326 e. The van der Waals surface area contributed by atoms with Crippen LogP contribution in [0.15, 0.2) is 36.7 Å². The SMILES string of the molecule is Cc1cccc(C)c1NC(=O)N1CC[C@H](c2nc3ccncc3n2CC(C)C)C1. The standard InChI is InChI=1S/C23H29N5O/c1-15(2)13-28-20-12-24-10-8-19(20)25-22(28)18-9-11-27(14-18)23(29)26-21-16(3)6-5-7-17(21)4/h5-8,10,12,15,18H,9,11,13-14H2,1-4H3,(H,26,29)/t18-/m0/s1. The van der Waals surface area contributed by atoms with Crippen LogP contribution in [0.1, 0.15) is 43.1 Å². The molecule has 0 spiro atoms. The molecule has 0 saturated carbocycles. The number of hydrogen-bond acceptors (Lipinski definition) is 3. The average Bonchev–Trinajstić information content (AvgIpc) is 3.30. The van der Waals surface area contributed by atoms with Gasteiger partial charge in [0.15, 0.2) is 0 Å². The van der Waals surface area contributed by atoms with E-state index < -0.39 is 0 Å². The molecule has 1 N–H and O–H groups in total. The van der Waals surface area contributed by atoms with E-state index in [2.05, 4.69) is 28.7 Å². The fourth-order valence-electron chi connectivity index (χ4n) is 4.21. The van der Waals surface area contributed by atoms with E-state index in [0.29, 0.717) is 12.5 Å². The van der Waals surface area contributed by atoms with Crippen LogP contribution in [0.3, 0.4) is 0 Å². The maximum atomic E-state index is 12.9. The first-order valence-electron chi connectivity index (χ1n) is 10.4. The molecule has 1 aromatic carbocycles. The molecule has 2 amide bonds. The second-order valence-corrected chi connectivity index (χ2v) is 8.47. The van der Waals surface area contributed by atoms with E-state index in [1.165, 1.54) is 0 Å². The summed E-state index contributed by atoms with van der Waals surface area (Å²) in [5.74, 6) is 1.82. The van der Waals surface area contributed by atoms with Crippen LogP contribution in [0.5, 0.6) is 0 Å². The maximum Gasteiger partial charge on any atom is 0.321 e. The van der Waals surface area contributed by atoms with Crippen molar-refractivity contribution in [3.05, 3.63) is 53.6 Å². The Bertz CT molecular complexity index is 1020. The van der Waals surface area contributed by atoms with Gasteiger partial charge in [-0.2, -0.15) is 0 Å². The molecule has 3 aromatic rings. The minimum Gasteiger partial charge on any atom is -0.326 e. The molecule has 1 fully saturated rings. The number of imidazole rings is 1. The molecule has 6 heteroatoms. The van der Waals surface area contributed by atoms with E-state index in [9.17, 15) is 4.79 Å². The number of urea groups is 1. The number of pyridine rings is 1. The zero-order chi connectivity index (χ0) is 20.5. The Labute approximate surface area is 172 Å². The number of carbonyl (C=O) groups excluding carboxylic acids is 1. The summed E-state index contributed by atoms with van der Waals surface area (Å²) in [6, 6.07) is 8.00. The van der Waals surface area contributed by atoms with Gasteiger partial charge in [-0.1, -0.05) is 32.0 Å². The third-order valence-corrected chi connectivity index (χ3v) is 5.68. The molecule has 0 unspecified atom stereocenters. The topological polar surface area (TPSA) is 63.1 Å². The smallest absolute Gasteiger partial charge is 0.321 e. The first kappa shape index (κ1) is 19.4. The van der Waals surface area contributed by atoms with Crippen molar-refractivity contribution in [3.63, 3.8) is 0 Å². The first-order chi connectivity index (χ1) is 13.9. The van der Waals surface area contributed by atoms with Crippen LogP contribution in [-0.4, -0.2) is 38.6 Å². The van der Waals surface area contributed by atoms with Crippen LogP contribution in [0.4, 0.5) is 10.5 Å². The van der Waals surface area contributed by atoms with Gasteiger partial charge in [0.05, 0.1) is 17.2 Å². The van der Waals surface area contributed by atoms with Crippen LogP contribution in [0, 0.1) is 19.8 Å². The van der Waals surface area contributed by atoms with Crippen molar-refractivity contribution in [2.24, 2.45) is 5.92 Å². The van der Waals surface area contributed by atoms with Gasteiger partial charge in [0.1, 0.15) is 5.82 Å². The molecule has 1 aliphatic rings. The Kier molecular flexibility index (Phi) is 5.26. The Morgan fingerprint density at radius 1 is 1.24 bits per heavy atom. The summed E-state index contributed by atoms with van der Waals surface area (Å²) >= 11 is 0. The Balaban J connectivity index is 1.55. The molecule has 2 aromatic heterocycles. The normalized spacial score (nSPS) is 16.7. The predicted octanol–water partition coefficient (Wildman–Crippen LogP) is 4.73. The minimum atomic E-state index is -0.0295. The Morgan fingerprint density at radius 2 is 2.00 bits per heavy atom. The first-order valence-corrected chi connectivity index (χ1v) is 10.4. The lowest BCUT2D eigenvalue weighted by Gasteiger charge is -2.20. The van der Waals surface area contributed by atoms with E-state index in [1.54, 1.807) is 6.20 Å². The number of para-hydroxylation sites is 1. The summed E-state index contributed by atoms with van der Waals surface area (Å²) in [4.78, 5) is 24.0. The number of nitrogens with zero attached hydrogens (tertiary/aromatic N) is 4. The monoisotopic (exact) mass is 391 g/mol. The molecule has 0 bridgehead atoms. The number of benzene rings is 1. The highest BCUT2D eigenvalue weighted by Gasteiger charge is 2.31. The van der Waals surface area contributed by atoms with Gasteiger partial charge in [-0.3, -0.25) is 4.98 Å². The third-order valence-electron chi connectivity index (χ3n) is 5.68. The quantitative estimate of drug-likeness (QED) is 0.700. The van der Waals surface area contributed by atoms with Crippen LogP contribution in [0.25, 0.3) is 11.0 Å². The molecule has 4 rings (SSSR count). The summed E-state index contributed by atoms with van der Waals surface area (Å²) in [6.07, 6.45) is 4.61. The molecule has 152 valence electrons. The van der Waals surface area contributed by atoms with Gasteiger partial charge in [0, 0.05) is 37.4 Å². The number of carbonyl (C=O) groups is 1. The lowest BCUT2D eigenvalue weighted by atomic mass is 10.1. The van der Waals surface area contributed by atoms with E-state index in [1.807, 2.05) is 49.2 Å². The molecule has 1 aliphatic heterocycles. The van der Waals surface area contributed by atoms with Crippen LogP contribution < -0.4 is 5.32 Å². The van der Waals surface area contributed by atoms with E-state index in [0.717, 1.165) is 53.2 Å². The van der Waals surface area contributed by atoms with Crippen molar-refractivity contribution in [2.75, 3.05) is 18.4 Å². The van der Waals surface area contributed by atoms with Crippen molar-refractivity contribution < 1.29 is 4.79 Å². The van der Waals surface area contributed by atoms with Crippen LogP contribution in [-0.2, 0) is 6.54 Å². The summed E-state index contributed by atoms with van der Waals surface area (Å²) in [6.45, 7) is 10.8. The van der Waals surface area contributed by atoms with Gasteiger partial charge >= 0.3 is 6.03 Å². The number of amides is 2. The van der Waals surface area contributed by atoms with Crippen molar-refractivity contribution in [3.8, 4) is 0 Å². The number of anilines is 1. The maximum absolute atomic E-state index is 12.9. The number of nitrogens with one attached hydrogen (secondary N) is 1. The highest BCUT2D eigenvalue weighted by atomic mass is 16.2. The number of rotatable bonds is 4. The molecular weight excluding hydrogens is 362 g/mol. The van der Waals surface area contributed by atoms with Gasteiger partial charge in [0.2, 0.25) is 0 Å². The molecule has 29 heavy (non-hydrogen) atoms. The van der Waals surface area contributed by atoms with Gasteiger partial charge in [-0.15, -0.1) is 0 Å². The summed E-state index contributed by atoms with van der Waals surface area (Å²) in [7, 11) is 0. The van der Waals surface area contributed by atoms with E-state index in [4.69, 9.17) is 4.98 Å². The predicted molar refractivity (Wildman–Crippen MR) is 116 cm³/mol. The summed E-state index contributed by atoms with van der Waals surface area (Å²) < 4.78 is 2.30. The number of aromatic nitrogens is 3. The molecule has 0 aliphatic carbocycles. The summed E-state index contributed by atoms with van der Waals surface area (Å²) in [5.41, 5.74) is 5.14. The Hall–Kier alpha value is -2.89. The lowest BCUT2D eigenvalue weighted by Crippen LogP contribution is -2.33. The van der Waals surface area contributed by atoms with Gasteiger partial charge in [0.25, 0.3) is 0 Å². The highest BCUT2D eigenvalue weighted by Crippen LogP contribution is 2.31. The average molecular weight is 392 g/mol. The van der Waals surface area contributed by atoms with Crippen molar-refractivity contribution in [1.82, 2.24) is 19.4 Å². The van der Waals surface area contributed by atoms with Gasteiger partial charge in [-0.05, 0) is 43.4 Å². The van der Waals surface area contributed by atoms with E-state index in [-0.39, 0.29) is 11.9 Å². The van der Waals surface area contributed by atoms with Crippen molar-refractivity contribution >= 4 is 22.8 Å². The number of hydrogen-bond donors (Lipinski definition) is 1. The van der Waals surface area contributed by atoms with Crippen molar-refractivity contribution in [2.45, 2.75) is 46.6 Å². The van der Waals surface area contributed by atoms with Crippen molar-refractivity contribution in [1.29, 1.82) is 0 Å². The van der Waals surface area contributed by atoms with E-state index >= 15 is 0 Å². The second-order valence-electron chi connectivity index (χ2n) is 8.47. The van der Waals surface area contributed by atoms with Gasteiger partial charge < -0.3 is 14.8 Å². The number of fused-ring (bicyclic) bond motifs is 1. The third kappa shape index (κ3) is 3.84. The fourth-order valence-corrected chi connectivity index (χ4v) is 4.21. The molecule has 1 saturated heterocycles. The zero-order valence-electron chi connectivity index (χ0n) is 17.6. The second kappa shape index (κ2) is 7.85. The molecule has 6 nitrogen and oxygen atoms in total. The lowest BCUT2D eigenvalue weighted by molar-refractivity contribution is 0.222. The molecule has 1 atom stereocenters. The fraction of sp³-hybridized carbons (Fsp3) is 0.435. The minimum absolute atomic E-state index is 0.0295. The number of likely N-dealkylation sites (tertiary alicyclic amines) is 1. The van der Waals surface area contributed by atoms with Crippen LogP contribution >= 0.6 is 0 Å². The molecular formula is C23H29N5O. The van der Waals surface area contributed by atoms with Gasteiger partial charge in [-0.25, -0.2) is 9.78 Å².